The van der Waals surface area contributed by atoms with E-state index in [1.54, 1.807) is 18.2 Å². The summed E-state index contributed by atoms with van der Waals surface area (Å²) in [5.74, 6) is -1.44. The Hall–Kier alpha value is -2.65. The van der Waals surface area contributed by atoms with Crippen LogP contribution in [0.5, 0.6) is 0 Å². The van der Waals surface area contributed by atoms with Crippen LogP contribution >= 0.6 is 11.6 Å². The second kappa shape index (κ2) is 8.15. The Morgan fingerprint density at radius 2 is 1.71 bits per heavy atom. The van der Waals surface area contributed by atoms with Crippen LogP contribution in [0.15, 0.2) is 18.2 Å². The molecule has 1 aromatic carbocycles. The Kier molecular flexibility index (Phi) is 5.85. The summed E-state index contributed by atoms with van der Waals surface area (Å²) in [6, 6.07) is 5.12. The van der Waals surface area contributed by atoms with Gasteiger partial charge in [0.2, 0.25) is 0 Å². The van der Waals surface area contributed by atoms with E-state index in [4.69, 9.17) is 30.5 Å². The van der Waals surface area contributed by atoms with Gasteiger partial charge >= 0.3 is 17.9 Å². The molecule has 0 spiro atoms. The number of halogens is 1. The lowest BCUT2D eigenvalue weighted by Crippen LogP contribution is -2.54. The molecule has 0 saturated carbocycles. The van der Waals surface area contributed by atoms with Gasteiger partial charge in [0.1, 0.15) is 5.82 Å². The van der Waals surface area contributed by atoms with E-state index >= 15 is 0 Å². The summed E-state index contributed by atoms with van der Waals surface area (Å²) >= 11 is 6.00. The molecule has 2 aromatic rings. The number of hydrogen-bond donors (Lipinski definition) is 1. The number of esters is 3. The summed E-state index contributed by atoms with van der Waals surface area (Å²) in [7, 11) is 0. The zero-order valence-electron chi connectivity index (χ0n) is 15.4. The Morgan fingerprint density at radius 1 is 1.07 bits per heavy atom. The third-order valence-corrected chi connectivity index (χ3v) is 4.32. The number of H-pyrrole nitrogens is 1. The molecular weight excluding hydrogens is 392 g/mol. The van der Waals surface area contributed by atoms with Gasteiger partial charge in [0.25, 0.3) is 0 Å². The molecule has 0 radical (unpaired) electrons. The van der Waals surface area contributed by atoms with Crippen LogP contribution in [0.2, 0.25) is 5.02 Å². The molecule has 1 saturated heterocycles. The van der Waals surface area contributed by atoms with Crippen molar-refractivity contribution >= 4 is 40.5 Å². The van der Waals surface area contributed by atoms with E-state index in [9.17, 15) is 14.4 Å². The normalized spacial score (nSPS) is 24.6. The van der Waals surface area contributed by atoms with E-state index in [2.05, 4.69) is 9.97 Å². The molecule has 9 nitrogen and oxygen atoms in total. The lowest BCUT2D eigenvalue weighted by molar-refractivity contribution is -0.228. The van der Waals surface area contributed by atoms with Gasteiger partial charge in [0, 0.05) is 25.8 Å². The smallest absolute Gasteiger partial charge is 0.303 e. The number of rotatable bonds is 4. The van der Waals surface area contributed by atoms with E-state index in [0.29, 0.717) is 21.9 Å². The minimum Gasteiger partial charge on any atom is -0.456 e. The Bertz CT molecular complexity index is 912. The van der Waals surface area contributed by atoms with E-state index in [0.717, 1.165) is 0 Å². The number of aromatic amines is 1. The molecule has 1 aliphatic rings. The van der Waals surface area contributed by atoms with E-state index in [1.807, 2.05) is 0 Å². The molecule has 3 rings (SSSR count). The number of aromatic nitrogens is 2. The summed E-state index contributed by atoms with van der Waals surface area (Å²) in [5, 5.41) is 0.525. The Labute approximate surface area is 165 Å². The molecule has 0 amide bonds. The van der Waals surface area contributed by atoms with Gasteiger partial charge in [-0.05, 0) is 18.2 Å². The molecule has 1 N–H and O–H groups in total. The highest BCUT2D eigenvalue weighted by atomic mass is 35.5. The Morgan fingerprint density at radius 3 is 2.36 bits per heavy atom. The number of benzene rings is 1. The summed E-state index contributed by atoms with van der Waals surface area (Å²) in [4.78, 5) is 42.3. The quantitative estimate of drug-likeness (QED) is 0.601. The summed E-state index contributed by atoms with van der Waals surface area (Å²) in [6.45, 7) is 3.58. The fraction of sp³-hybridized carbons (Fsp3) is 0.444. The lowest BCUT2D eigenvalue weighted by atomic mass is 9.98. The molecule has 1 aliphatic heterocycles. The number of ether oxygens (including phenoxy) is 4. The maximum atomic E-state index is 11.7. The number of fused-ring (bicyclic) bond motifs is 1. The second-order valence-electron chi connectivity index (χ2n) is 6.33. The number of carbonyl (C=O) groups is 3. The van der Waals surface area contributed by atoms with Gasteiger partial charge in [0.05, 0.1) is 17.6 Å². The van der Waals surface area contributed by atoms with Gasteiger partial charge in [0.15, 0.2) is 24.4 Å². The van der Waals surface area contributed by atoms with Gasteiger partial charge in [-0.1, -0.05) is 11.6 Å². The van der Waals surface area contributed by atoms with E-state index in [-0.39, 0.29) is 6.61 Å². The van der Waals surface area contributed by atoms with Crippen molar-refractivity contribution in [3.63, 3.8) is 0 Å². The number of hydrogen-bond acceptors (Lipinski definition) is 8. The van der Waals surface area contributed by atoms with Crippen LogP contribution in [0.1, 0.15) is 32.7 Å². The maximum absolute atomic E-state index is 11.7. The molecule has 4 atom stereocenters. The predicted octanol–water partition coefficient (Wildman–Crippen LogP) is 2.08. The number of nitrogens with one attached hydrogen (secondary N) is 1. The number of nitrogens with zero attached hydrogens (tertiary/aromatic N) is 1. The molecule has 2 heterocycles. The van der Waals surface area contributed by atoms with Crippen molar-refractivity contribution in [1.29, 1.82) is 0 Å². The van der Waals surface area contributed by atoms with Crippen molar-refractivity contribution in [2.24, 2.45) is 0 Å². The van der Waals surface area contributed by atoms with Crippen LogP contribution in [0, 0.1) is 0 Å². The van der Waals surface area contributed by atoms with Gasteiger partial charge in [-0.3, -0.25) is 14.4 Å². The summed E-state index contributed by atoms with van der Waals surface area (Å²) in [5.41, 5.74) is 1.30. The molecule has 1 aromatic heterocycles. The highest BCUT2D eigenvalue weighted by Gasteiger charge is 2.48. The van der Waals surface area contributed by atoms with Gasteiger partial charge in [-0.2, -0.15) is 0 Å². The molecule has 0 bridgehead atoms. The highest BCUT2D eigenvalue weighted by Crippen LogP contribution is 2.34. The molecular formula is C18H19ClN2O7. The van der Waals surface area contributed by atoms with Crippen molar-refractivity contribution in [3.8, 4) is 0 Å². The van der Waals surface area contributed by atoms with Gasteiger partial charge in [-0.15, -0.1) is 0 Å². The molecule has 0 aliphatic carbocycles. The minimum absolute atomic E-state index is 0.0717. The molecule has 0 unspecified atom stereocenters. The largest absolute Gasteiger partial charge is 0.456 e. The Balaban J connectivity index is 1.99. The first kappa shape index (κ1) is 20.1. The average molecular weight is 411 g/mol. The molecule has 1 fully saturated rings. The van der Waals surface area contributed by atoms with Crippen LogP contribution in [0.25, 0.3) is 11.0 Å². The maximum Gasteiger partial charge on any atom is 0.303 e. The van der Waals surface area contributed by atoms with Crippen LogP contribution < -0.4 is 0 Å². The zero-order chi connectivity index (χ0) is 20.4. The van der Waals surface area contributed by atoms with Crippen LogP contribution in [0.4, 0.5) is 0 Å². The number of imidazole rings is 1. The van der Waals surface area contributed by atoms with Crippen molar-refractivity contribution in [2.75, 3.05) is 6.61 Å². The third kappa shape index (κ3) is 4.42. The SMILES string of the molecule is CC(=O)O[C@@H]1[C@H](OC(C)=O)[C@H](OC(C)=O)CO[C@H]1c1nc2ccc(Cl)cc2[nH]1. The fourth-order valence-corrected chi connectivity index (χ4v) is 3.28. The number of carbonyl (C=O) groups excluding carboxylic acids is 3. The lowest BCUT2D eigenvalue weighted by Gasteiger charge is -2.39. The van der Waals surface area contributed by atoms with Crippen molar-refractivity contribution in [3.05, 3.63) is 29.0 Å². The molecule has 28 heavy (non-hydrogen) atoms. The van der Waals surface area contributed by atoms with Crippen LogP contribution in [-0.2, 0) is 33.3 Å². The van der Waals surface area contributed by atoms with Crippen molar-refractivity contribution < 1.29 is 33.3 Å². The third-order valence-electron chi connectivity index (χ3n) is 4.08. The molecule has 150 valence electrons. The van der Waals surface area contributed by atoms with Crippen LogP contribution in [0.3, 0.4) is 0 Å². The zero-order valence-corrected chi connectivity index (χ0v) is 16.2. The van der Waals surface area contributed by atoms with Gasteiger partial charge < -0.3 is 23.9 Å². The first-order chi connectivity index (χ1) is 13.2. The van der Waals surface area contributed by atoms with Crippen molar-refractivity contribution in [1.82, 2.24) is 9.97 Å². The van der Waals surface area contributed by atoms with E-state index in [1.165, 1.54) is 20.8 Å². The summed E-state index contributed by atoms with van der Waals surface area (Å²) in [6.07, 6.45) is -3.93. The van der Waals surface area contributed by atoms with Crippen LogP contribution in [-0.4, -0.2) is 52.8 Å². The first-order valence-electron chi connectivity index (χ1n) is 8.53. The van der Waals surface area contributed by atoms with Crippen molar-refractivity contribution in [2.45, 2.75) is 45.2 Å². The average Bonchev–Trinajstić information content (AvgIpc) is 2.99. The second-order valence-corrected chi connectivity index (χ2v) is 6.77. The fourth-order valence-electron chi connectivity index (χ4n) is 3.11. The topological polar surface area (TPSA) is 117 Å². The first-order valence-corrected chi connectivity index (χ1v) is 8.91. The molecule has 10 heteroatoms. The standard InChI is InChI=1S/C18H19ClN2O7/c1-8(22)26-14-7-25-17(16(28-10(3)24)15(14)27-9(2)23)18-20-12-5-4-11(19)6-13(12)21-18/h4-6,14-17H,7H2,1-3H3,(H,20,21)/t14-,15-,16-,17-/m1/s1. The predicted molar refractivity (Wildman–Crippen MR) is 96.5 cm³/mol. The minimum atomic E-state index is -1.07. The van der Waals surface area contributed by atoms with E-state index < -0.39 is 42.3 Å². The summed E-state index contributed by atoms with van der Waals surface area (Å²) < 4.78 is 21.7. The van der Waals surface area contributed by atoms with Gasteiger partial charge in [-0.25, -0.2) is 4.98 Å². The highest BCUT2D eigenvalue weighted by molar-refractivity contribution is 6.31. The monoisotopic (exact) mass is 410 g/mol.